The summed E-state index contributed by atoms with van der Waals surface area (Å²) in [7, 11) is 0. The third kappa shape index (κ3) is 5.19. The molecule has 0 radical (unpaired) electrons. The summed E-state index contributed by atoms with van der Waals surface area (Å²) in [6.07, 6.45) is 6.74. The van der Waals surface area contributed by atoms with E-state index in [9.17, 15) is 0 Å². The number of likely N-dealkylation sites (tertiary alicyclic amines) is 1. The first-order valence-corrected chi connectivity index (χ1v) is 7.73. The second-order valence-corrected chi connectivity index (χ2v) is 5.69. The number of rotatable bonds is 8. The van der Waals surface area contributed by atoms with Crippen LogP contribution >= 0.6 is 0 Å². The molecule has 1 aliphatic heterocycles. The van der Waals surface area contributed by atoms with Crippen molar-refractivity contribution < 1.29 is 5.11 Å². The molecule has 0 aromatic carbocycles. The molecule has 6 nitrogen and oxygen atoms in total. The lowest BCUT2D eigenvalue weighted by atomic mass is 10.1. The number of piperidine rings is 1. The molecule has 2 N–H and O–H groups in total. The van der Waals surface area contributed by atoms with E-state index in [-0.39, 0.29) is 6.61 Å². The van der Waals surface area contributed by atoms with Crippen molar-refractivity contribution in [2.24, 2.45) is 0 Å². The topological polar surface area (TPSA) is 66.2 Å². The third-order valence-corrected chi connectivity index (χ3v) is 3.74. The second kappa shape index (κ2) is 8.34. The molecule has 1 atom stereocenters. The smallest absolute Gasteiger partial charge is 0.0964 e. The maximum absolute atomic E-state index is 8.79. The Morgan fingerprint density at radius 2 is 2.15 bits per heavy atom. The molecular formula is C14H27N5O. The number of nitrogens with one attached hydrogen (secondary N) is 1. The van der Waals surface area contributed by atoms with Crippen molar-refractivity contribution in [3.63, 3.8) is 0 Å². The average molecular weight is 281 g/mol. The molecule has 1 saturated heterocycles. The van der Waals surface area contributed by atoms with Crippen LogP contribution in [0.5, 0.6) is 0 Å². The summed E-state index contributed by atoms with van der Waals surface area (Å²) in [5, 5.41) is 20.5. The Labute approximate surface area is 121 Å². The Morgan fingerprint density at radius 3 is 2.90 bits per heavy atom. The highest BCUT2D eigenvalue weighted by molar-refractivity contribution is 4.92. The summed E-state index contributed by atoms with van der Waals surface area (Å²) in [6, 6.07) is 0.468. The standard InChI is InChI=1S/C14H27N5O/c1-13(11-18-6-3-2-4-7-18)15-10-14-12-19(17-16-14)8-5-9-20/h12-13,15,20H,2-11H2,1H3. The van der Waals surface area contributed by atoms with Crippen molar-refractivity contribution in [3.05, 3.63) is 11.9 Å². The molecule has 2 rings (SSSR count). The van der Waals surface area contributed by atoms with Gasteiger partial charge in [0.2, 0.25) is 0 Å². The van der Waals surface area contributed by atoms with Gasteiger partial charge in [-0.25, -0.2) is 0 Å². The predicted molar refractivity (Wildman–Crippen MR) is 78.3 cm³/mol. The molecule has 0 bridgehead atoms. The minimum Gasteiger partial charge on any atom is -0.396 e. The van der Waals surface area contributed by atoms with Crippen LogP contribution in [0.15, 0.2) is 6.20 Å². The average Bonchev–Trinajstić information content (AvgIpc) is 2.92. The fourth-order valence-corrected chi connectivity index (χ4v) is 2.63. The number of hydrogen-bond acceptors (Lipinski definition) is 5. The Kier molecular flexibility index (Phi) is 6.42. The van der Waals surface area contributed by atoms with Gasteiger partial charge in [-0.1, -0.05) is 11.6 Å². The zero-order chi connectivity index (χ0) is 14.2. The van der Waals surface area contributed by atoms with E-state index in [1.807, 2.05) is 6.20 Å². The number of aliphatic hydroxyl groups is 1. The third-order valence-electron chi connectivity index (χ3n) is 3.74. The summed E-state index contributed by atoms with van der Waals surface area (Å²) in [4.78, 5) is 2.54. The summed E-state index contributed by atoms with van der Waals surface area (Å²) in [5.74, 6) is 0. The van der Waals surface area contributed by atoms with Gasteiger partial charge >= 0.3 is 0 Å². The van der Waals surface area contributed by atoms with Crippen molar-refractivity contribution in [1.82, 2.24) is 25.2 Å². The van der Waals surface area contributed by atoms with Gasteiger partial charge in [-0.2, -0.15) is 0 Å². The fraction of sp³-hybridized carbons (Fsp3) is 0.857. The fourth-order valence-electron chi connectivity index (χ4n) is 2.63. The molecule has 2 heterocycles. The van der Waals surface area contributed by atoms with Gasteiger partial charge in [0.1, 0.15) is 0 Å². The number of nitrogens with zero attached hydrogens (tertiary/aromatic N) is 4. The van der Waals surface area contributed by atoms with Crippen LogP contribution < -0.4 is 5.32 Å². The number of hydrogen-bond donors (Lipinski definition) is 2. The monoisotopic (exact) mass is 281 g/mol. The van der Waals surface area contributed by atoms with Crippen LogP contribution in [0.3, 0.4) is 0 Å². The van der Waals surface area contributed by atoms with Crippen LogP contribution in [0.2, 0.25) is 0 Å². The van der Waals surface area contributed by atoms with Gasteiger partial charge in [-0.15, -0.1) is 5.10 Å². The van der Waals surface area contributed by atoms with Crippen LogP contribution in [-0.2, 0) is 13.1 Å². The summed E-state index contributed by atoms with van der Waals surface area (Å²) < 4.78 is 1.79. The quantitative estimate of drug-likeness (QED) is 0.731. The first kappa shape index (κ1) is 15.4. The van der Waals surface area contributed by atoms with Gasteiger partial charge in [0.25, 0.3) is 0 Å². The molecular weight excluding hydrogens is 254 g/mol. The Balaban J connectivity index is 1.66. The van der Waals surface area contributed by atoms with Crippen molar-refractivity contribution >= 4 is 0 Å². The first-order valence-electron chi connectivity index (χ1n) is 7.73. The van der Waals surface area contributed by atoms with Crippen molar-refractivity contribution in [1.29, 1.82) is 0 Å². The Bertz CT molecular complexity index is 375. The maximum Gasteiger partial charge on any atom is 0.0964 e. The van der Waals surface area contributed by atoms with E-state index >= 15 is 0 Å². The molecule has 0 aliphatic carbocycles. The van der Waals surface area contributed by atoms with E-state index in [1.54, 1.807) is 4.68 Å². The first-order chi connectivity index (χ1) is 9.78. The van der Waals surface area contributed by atoms with E-state index in [0.29, 0.717) is 6.04 Å². The van der Waals surface area contributed by atoms with E-state index in [2.05, 4.69) is 27.5 Å². The van der Waals surface area contributed by atoms with Gasteiger partial charge in [0.15, 0.2) is 0 Å². The highest BCUT2D eigenvalue weighted by atomic mass is 16.3. The Hall–Kier alpha value is -0.980. The minimum absolute atomic E-state index is 0.195. The molecule has 1 aliphatic rings. The Morgan fingerprint density at radius 1 is 1.35 bits per heavy atom. The lowest BCUT2D eigenvalue weighted by Crippen LogP contribution is -2.41. The minimum atomic E-state index is 0.195. The molecule has 20 heavy (non-hydrogen) atoms. The lowest BCUT2D eigenvalue weighted by molar-refractivity contribution is 0.208. The van der Waals surface area contributed by atoms with Crippen LogP contribution in [0.4, 0.5) is 0 Å². The van der Waals surface area contributed by atoms with Crippen molar-refractivity contribution in [2.45, 2.75) is 51.7 Å². The van der Waals surface area contributed by atoms with Gasteiger partial charge < -0.3 is 15.3 Å². The largest absolute Gasteiger partial charge is 0.396 e. The second-order valence-electron chi connectivity index (χ2n) is 5.69. The van der Waals surface area contributed by atoms with E-state index in [1.165, 1.54) is 32.4 Å². The van der Waals surface area contributed by atoms with Crippen LogP contribution in [0.25, 0.3) is 0 Å². The number of aliphatic hydroxyl groups excluding tert-OH is 1. The molecule has 0 saturated carbocycles. The van der Waals surface area contributed by atoms with Gasteiger partial charge in [0, 0.05) is 38.5 Å². The van der Waals surface area contributed by atoms with Gasteiger partial charge in [-0.3, -0.25) is 4.68 Å². The van der Waals surface area contributed by atoms with Crippen molar-refractivity contribution in [3.8, 4) is 0 Å². The summed E-state index contributed by atoms with van der Waals surface area (Å²) >= 11 is 0. The van der Waals surface area contributed by atoms with Crippen LogP contribution in [0, 0.1) is 0 Å². The maximum atomic E-state index is 8.79. The summed E-state index contributed by atoms with van der Waals surface area (Å²) in [5.41, 5.74) is 0.966. The zero-order valence-corrected chi connectivity index (χ0v) is 12.5. The molecule has 1 aromatic rings. The normalized spacial score (nSPS) is 18.3. The van der Waals surface area contributed by atoms with Gasteiger partial charge in [-0.05, 0) is 39.3 Å². The van der Waals surface area contributed by atoms with E-state index in [0.717, 1.165) is 31.7 Å². The van der Waals surface area contributed by atoms with Gasteiger partial charge in [0.05, 0.1) is 5.69 Å². The molecule has 0 amide bonds. The molecule has 1 aromatic heterocycles. The lowest BCUT2D eigenvalue weighted by Gasteiger charge is -2.29. The zero-order valence-electron chi connectivity index (χ0n) is 12.5. The van der Waals surface area contributed by atoms with Crippen molar-refractivity contribution in [2.75, 3.05) is 26.2 Å². The molecule has 1 fully saturated rings. The van der Waals surface area contributed by atoms with Crippen LogP contribution in [0.1, 0.15) is 38.3 Å². The van der Waals surface area contributed by atoms with E-state index < -0.39 is 0 Å². The van der Waals surface area contributed by atoms with Crippen LogP contribution in [-0.4, -0.2) is 57.3 Å². The number of aryl methyl sites for hydroxylation is 1. The molecule has 1 unspecified atom stereocenters. The number of aromatic nitrogens is 3. The molecule has 6 heteroatoms. The highest BCUT2D eigenvalue weighted by Crippen LogP contribution is 2.08. The SMILES string of the molecule is CC(CN1CCCCC1)NCc1cn(CCCO)nn1. The summed E-state index contributed by atoms with van der Waals surface area (Å²) in [6.45, 7) is 7.50. The molecule has 114 valence electrons. The van der Waals surface area contributed by atoms with E-state index in [4.69, 9.17) is 5.11 Å². The molecule has 0 spiro atoms. The highest BCUT2D eigenvalue weighted by Gasteiger charge is 2.13. The predicted octanol–water partition coefficient (Wildman–Crippen LogP) is 0.625.